The molecule has 2 fully saturated rings. The summed E-state index contributed by atoms with van der Waals surface area (Å²) in [7, 11) is 0. The second-order valence-corrected chi connectivity index (χ2v) is 7.50. The SMILES string of the molecule is O=C(O)CCC1CC1c1c(F)cc(-c2cccc(OCC3CC3)n2)cc1F. The number of carbonyl (C=O) groups is 1. The van der Waals surface area contributed by atoms with Gasteiger partial charge in [-0.25, -0.2) is 13.8 Å². The molecule has 4 nitrogen and oxygen atoms in total. The highest BCUT2D eigenvalue weighted by Gasteiger charge is 2.41. The number of pyridine rings is 1. The van der Waals surface area contributed by atoms with Crippen molar-refractivity contribution >= 4 is 5.97 Å². The number of halogens is 2. The molecule has 1 heterocycles. The maximum Gasteiger partial charge on any atom is 0.303 e. The average molecular weight is 373 g/mol. The quantitative estimate of drug-likeness (QED) is 0.723. The van der Waals surface area contributed by atoms with Crippen molar-refractivity contribution in [3.63, 3.8) is 0 Å². The summed E-state index contributed by atoms with van der Waals surface area (Å²) in [4.78, 5) is 15.0. The van der Waals surface area contributed by atoms with E-state index in [1.165, 1.54) is 25.0 Å². The minimum atomic E-state index is -0.883. The van der Waals surface area contributed by atoms with Crippen molar-refractivity contribution in [2.75, 3.05) is 6.61 Å². The Morgan fingerprint density at radius 2 is 1.96 bits per heavy atom. The van der Waals surface area contributed by atoms with Crippen molar-refractivity contribution in [2.45, 2.75) is 38.0 Å². The zero-order valence-corrected chi connectivity index (χ0v) is 14.8. The smallest absolute Gasteiger partial charge is 0.303 e. The largest absolute Gasteiger partial charge is 0.481 e. The molecule has 2 aliphatic rings. The molecule has 2 saturated carbocycles. The lowest BCUT2D eigenvalue weighted by molar-refractivity contribution is -0.137. The summed E-state index contributed by atoms with van der Waals surface area (Å²) in [5.74, 6) is -1.23. The van der Waals surface area contributed by atoms with Crippen LogP contribution in [0.25, 0.3) is 11.3 Å². The van der Waals surface area contributed by atoms with Gasteiger partial charge in [0.2, 0.25) is 5.88 Å². The van der Waals surface area contributed by atoms with Crippen molar-refractivity contribution in [1.82, 2.24) is 4.98 Å². The highest BCUT2D eigenvalue weighted by Crippen LogP contribution is 2.52. The third-order valence-corrected chi connectivity index (χ3v) is 5.28. The first-order valence-corrected chi connectivity index (χ1v) is 9.32. The lowest BCUT2D eigenvalue weighted by Crippen LogP contribution is -2.02. The van der Waals surface area contributed by atoms with Crippen molar-refractivity contribution in [1.29, 1.82) is 0 Å². The fourth-order valence-electron chi connectivity index (χ4n) is 3.46. The van der Waals surface area contributed by atoms with Crippen LogP contribution in [0.15, 0.2) is 30.3 Å². The molecule has 2 unspecified atom stereocenters. The maximum absolute atomic E-state index is 14.6. The Balaban J connectivity index is 1.50. The summed E-state index contributed by atoms with van der Waals surface area (Å²) in [6.07, 6.45) is 3.45. The first-order chi connectivity index (χ1) is 13.0. The molecule has 1 aromatic carbocycles. The molecule has 0 amide bonds. The number of hydrogen-bond donors (Lipinski definition) is 1. The molecule has 2 aromatic rings. The Bertz CT molecular complexity index is 843. The normalized spacial score (nSPS) is 21.1. The monoisotopic (exact) mass is 373 g/mol. The highest BCUT2D eigenvalue weighted by atomic mass is 19.1. The molecule has 27 heavy (non-hydrogen) atoms. The van der Waals surface area contributed by atoms with Gasteiger partial charge in [-0.3, -0.25) is 4.79 Å². The van der Waals surface area contributed by atoms with Crippen LogP contribution < -0.4 is 4.74 Å². The number of carboxylic acid groups (broad SMARTS) is 1. The molecule has 0 saturated heterocycles. The molecule has 2 aliphatic carbocycles. The fraction of sp³-hybridized carbons (Fsp3) is 0.429. The Labute approximate surface area is 156 Å². The van der Waals surface area contributed by atoms with Crippen LogP contribution in [0.4, 0.5) is 8.78 Å². The molecule has 2 atom stereocenters. The molecule has 0 bridgehead atoms. The highest BCUT2D eigenvalue weighted by molar-refractivity contribution is 5.66. The minimum absolute atomic E-state index is 0.0278. The van der Waals surface area contributed by atoms with E-state index in [9.17, 15) is 13.6 Å². The van der Waals surface area contributed by atoms with E-state index < -0.39 is 17.6 Å². The molecule has 1 N–H and O–H groups in total. The number of nitrogens with zero attached hydrogens (tertiary/aromatic N) is 1. The number of rotatable bonds is 8. The van der Waals surface area contributed by atoms with Gasteiger partial charge in [-0.15, -0.1) is 0 Å². The zero-order valence-electron chi connectivity index (χ0n) is 14.8. The molecule has 0 radical (unpaired) electrons. The molecular weight excluding hydrogens is 352 g/mol. The van der Waals surface area contributed by atoms with Crippen molar-refractivity contribution < 1.29 is 23.4 Å². The van der Waals surface area contributed by atoms with Gasteiger partial charge in [-0.1, -0.05) is 6.07 Å². The van der Waals surface area contributed by atoms with Gasteiger partial charge in [0.25, 0.3) is 0 Å². The molecule has 0 spiro atoms. The van der Waals surface area contributed by atoms with Gasteiger partial charge >= 0.3 is 5.97 Å². The molecule has 0 aliphatic heterocycles. The van der Waals surface area contributed by atoms with E-state index in [2.05, 4.69) is 4.98 Å². The summed E-state index contributed by atoms with van der Waals surface area (Å²) >= 11 is 0. The number of ether oxygens (including phenoxy) is 1. The van der Waals surface area contributed by atoms with E-state index >= 15 is 0 Å². The number of carboxylic acids is 1. The van der Waals surface area contributed by atoms with Crippen LogP contribution >= 0.6 is 0 Å². The third-order valence-electron chi connectivity index (χ3n) is 5.28. The summed E-state index contributed by atoms with van der Waals surface area (Å²) in [6.45, 7) is 0.623. The van der Waals surface area contributed by atoms with E-state index in [1.54, 1.807) is 18.2 Å². The van der Waals surface area contributed by atoms with Crippen LogP contribution in [0, 0.1) is 23.5 Å². The van der Waals surface area contributed by atoms with Crippen molar-refractivity contribution in [2.24, 2.45) is 11.8 Å². The zero-order chi connectivity index (χ0) is 19.0. The molecule has 142 valence electrons. The minimum Gasteiger partial charge on any atom is -0.481 e. The lowest BCUT2D eigenvalue weighted by atomic mass is 10.0. The third kappa shape index (κ3) is 4.26. The Hall–Kier alpha value is -2.50. The van der Waals surface area contributed by atoms with E-state index in [0.717, 1.165) is 0 Å². The van der Waals surface area contributed by atoms with Crippen LogP contribution in [0.3, 0.4) is 0 Å². The van der Waals surface area contributed by atoms with Gasteiger partial charge < -0.3 is 9.84 Å². The first kappa shape index (κ1) is 17.9. The predicted octanol–water partition coefficient (Wildman–Crippen LogP) is 4.78. The van der Waals surface area contributed by atoms with Gasteiger partial charge in [0.15, 0.2) is 0 Å². The number of aromatic nitrogens is 1. The summed E-state index contributed by atoms with van der Waals surface area (Å²) in [6, 6.07) is 7.81. The van der Waals surface area contributed by atoms with Crippen LogP contribution in [0.5, 0.6) is 5.88 Å². The molecule has 4 rings (SSSR count). The summed E-state index contributed by atoms with van der Waals surface area (Å²) in [5.41, 5.74) is 0.898. The standard InChI is InChI=1S/C21H21F2NO3/c22-16-9-14(18-2-1-3-19(24-18)27-11-12-4-5-12)10-17(23)21(16)15-8-13(15)6-7-20(25)26/h1-3,9-10,12-13,15H,4-8,11H2,(H,25,26). The Morgan fingerprint density at radius 3 is 2.63 bits per heavy atom. The van der Waals surface area contributed by atoms with Gasteiger partial charge in [0.1, 0.15) is 11.6 Å². The van der Waals surface area contributed by atoms with E-state index in [-0.39, 0.29) is 23.8 Å². The first-order valence-electron chi connectivity index (χ1n) is 9.32. The number of benzene rings is 1. The van der Waals surface area contributed by atoms with Crippen LogP contribution in [-0.2, 0) is 4.79 Å². The van der Waals surface area contributed by atoms with E-state index in [4.69, 9.17) is 9.84 Å². The second-order valence-electron chi connectivity index (χ2n) is 7.50. The summed E-state index contributed by atoms with van der Waals surface area (Å²) in [5, 5.41) is 8.75. The van der Waals surface area contributed by atoms with Crippen molar-refractivity contribution in [3.8, 4) is 17.1 Å². The van der Waals surface area contributed by atoms with Crippen LogP contribution in [0.2, 0.25) is 0 Å². The van der Waals surface area contributed by atoms with Gasteiger partial charge in [-0.05, 0) is 61.6 Å². The van der Waals surface area contributed by atoms with Crippen LogP contribution in [0.1, 0.15) is 43.6 Å². The topological polar surface area (TPSA) is 59.4 Å². The second kappa shape index (κ2) is 7.25. The summed E-state index contributed by atoms with van der Waals surface area (Å²) < 4.78 is 34.9. The van der Waals surface area contributed by atoms with Crippen molar-refractivity contribution in [3.05, 3.63) is 47.5 Å². The Morgan fingerprint density at radius 1 is 1.22 bits per heavy atom. The van der Waals surface area contributed by atoms with Crippen LogP contribution in [-0.4, -0.2) is 22.7 Å². The average Bonchev–Trinajstić information content (AvgIpc) is 3.54. The molecule has 6 heteroatoms. The van der Waals surface area contributed by atoms with Gasteiger partial charge in [0, 0.05) is 23.6 Å². The molecule has 1 aromatic heterocycles. The van der Waals surface area contributed by atoms with Gasteiger partial charge in [-0.2, -0.15) is 0 Å². The van der Waals surface area contributed by atoms with E-state index in [0.29, 0.717) is 42.5 Å². The number of aliphatic carboxylic acids is 1. The fourth-order valence-corrected chi connectivity index (χ4v) is 3.46. The Kier molecular flexibility index (Phi) is 4.81. The predicted molar refractivity (Wildman–Crippen MR) is 95.5 cm³/mol. The molecular formula is C21H21F2NO3. The van der Waals surface area contributed by atoms with E-state index in [1.807, 2.05) is 0 Å². The number of hydrogen-bond acceptors (Lipinski definition) is 3. The van der Waals surface area contributed by atoms with Gasteiger partial charge in [0.05, 0.1) is 12.3 Å². The maximum atomic E-state index is 14.6. The lowest BCUT2D eigenvalue weighted by Gasteiger charge is -2.10.